The van der Waals surface area contributed by atoms with Crippen molar-refractivity contribution < 1.29 is 18.7 Å². The van der Waals surface area contributed by atoms with Crippen LogP contribution in [0.1, 0.15) is 12.5 Å². The average Bonchev–Trinajstić information content (AvgIpc) is 3.23. The first kappa shape index (κ1) is 17.6. The molecule has 0 saturated carbocycles. The van der Waals surface area contributed by atoms with Crippen LogP contribution in [0.25, 0.3) is 11.1 Å². The van der Waals surface area contributed by atoms with Crippen LogP contribution in [-0.4, -0.2) is 35.3 Å². The van der Waals surface area contributed by atoms with E-state index in [0.29, 0.717) is 10.8 Å². The van der Waals surface area contributed by atoms with E-state index in [9.17, 15) is 9.59 Å². The number of carbonyl (C=O) groups is 2. The summed E-state index contributed by atoms with van der Waals surface area (Å²) < 4.78 is 10.7. The number of oxazole rings is 1. The number of carbonyl (C=O) groups excluding carboxylic acids is 2. The molecule has 1 amide bonds. The maximum atomic E-state index is 12.5. The lowest BCUT2D eigenvalue weighted by Crippen LogP contribution is -2.38. The molecule has 0 radical (unpaired) electrons. The second-order valence-electron chi connectivity index (χ2n) is 6.34. The van der Waals surface area contributed by atoms with Crippen molar-refractivity contribution >= 4 is 40.4 Å². The first-order valence-electron chi connectivity index (χ1n) is 8.66. The number of anilines is 1. The number of rotatable bonds is 5. The fourth-order valence-corrected chi connectivity index (χ4v) is 3.87. The van der Waals surface area contributed by atoms with Crippen LogP contribution in [0, 0.1) is 0 Å². The monoisotopic (exact) mass is 382 g/mol. The molecule has 1 atom stereocenters. The third-order valence-electron chi connectivity index (χ3n) is 4.42. The average molecular weight is 382 g/mol. The molecule has 0 aliphatic carbocycles. The number of aromatic nitrogens is 1. The van der Waals surface area contributed by atoms with Gasteiger partial charge in [-0.3, -0.25) is 9.59 Å². The van der Waals surface area contributed by atoms with Gasteiger partial charge in [-0.05, 0) is 37.1 Å². The van der Waals surface area contributed by atoms with Gasteiger partial charge in [-0.1, -0.05) is 42.1 Å². The lowest BCUT2D eigenvalue weighted by molar-refractivity contribution is -0.145. The summed E-state index contributed by atoms with van der Waals surface area (Å²) in [6, 6.07) is 15.2. The molecule has 0 bridgehead atoms. The number of hydrogen-bond donors (Lipinski definition) is 0. The van der Waals surface area contributed by atoms with E-state index in [1.807, 2.05) is 55.5 Å². The van der Waals surface area contributed by atoms with E-state index >= 15 is 0 Å². The van der Waals surface area contributed by atoms with E-state index in [1.165, 1.54) is 0 Å². The van der Waals surface area contributed by atoms with E-state index in [1.54, 1.807) is 4.90 Å². The quantitative estimate of drug-likeness (QED) is 0.497. The molecule has 1 aromatic heterocycles. The summed E-state index contributed by atoms with van der Waals surface area (Å²) in [5, 5.41) is 0.404. The number of amides is 1. The predicted molar refractivity (Wildman–Crippen MR) is 103 cm³/mol. The molecule has 138 valence electrons. The molecule has 0 unspecified atom stereocenters. The molecule has 0 spiro atoms. The second-order valence-corrected chi connectivity index (χ2v) is 7.27. The summed E-state index contributed by atoms with van der Waals surface area (Å²) in [5.74, 6) is -0.657. The smallest absolute Gasteiger partial charge is 0.316 e. The lowest BCUT2D eigenvalue weighted by Gasteiger charge is -2.22. The molecule has 3 aromatic rings. The molecule has 2 aromatic carbocycles. The maximum Gasteiger partial charge on any atom is 0.316 e. The van der Waals surface area contributed by atoms with Gasteiger partial charge >= 0.3 is 5.97 Å². The molecule has 4 rings (SSSR count). The van der Waals surface area contributed by atoms with Gasteiger partial charge in [-0.2, -0.15) is 0 Å². The number of ether oxygens (including phenoxy) is 1. The lowest BCUT2D eigenvalue weighted by atomic mass is 10.1. The standard InChI is InChI=1S/C20H18N2O4S/c1-13-10-14-6-2-4-8-16(14)22(13)18(23)11-25-19(24)12-27-20-21-15-7-3-5-9-17(15)26-20/h2-9,13H,10-12H2,1H3/t13-/m0/s1. The van der Waals surface area contributed by atoms with Crippen molar-refractivity contribution in [2.45, 2.75) is 24.6 Å². The Labute approximate surface area is 160 Å². The van der Waals surface area contributed by atoms with Crippen molar-refractivity contribution in [3.8, 4) is 0 Å². The first-order valence-corrected chi connectivity index (χ1v) is 9.64. The van der Waals surface area contributed by atoms with Crippen LogP contribution in [-0.2, 0) is 20.7 Å². The predicted octanol–water partition coefficient (Wildman–Crippen LogP) is 3.44. The van der Waals surface area contributed by atoms with Crippen molar-refractivity contribution in [1.29, 1.82) is 0 Å². The fourth-order valence-electron chi connectivity index (χ4n) is 3.23. The maximum absolute atomic E-state index is 12.5. The minimum Gasteiger partial charge on any atom is -0.455 e. The van der Waals surface area contributed by atoms with Crippen molar-refractivity contribution in [2.24, 2.45) is 0 Å². The number of hydrogen-bond acceptors (Lipinski definition) is 6. The molecule has 1 aliphatic heterocycles. The van der Waals surface area contributed by atoms with Crippen LogP contribution < -0.4 is 4.90 Å². The Bertz CT molecular complexity index is 967. The Morgan fingerprint density at radius 1 is 1.22 bits per heavy atom. The highest BCUT2D eigenvalue weighted by atomic mass is 32.2. The van der Waals surface area contributed by atoms with Crippen LogP contribution in [0.5, 0.6) is 0 Å². The number of esters is 1. The van der Waals surface area contributed by atoms with Crippen molar-refractivity contribution in [1.82, 2.24) is 4.98 Å². The highest BCUT2D eigenvalue weighted by Crippen LogP contribution is 2.31. The summed E-state index contributed by atoms with van der Waals surface area (Å²) >= 11 is 1.15. The number of para-hydroxylation sites is 3. The molecule has 7 heteroatoms. The van der Waals surface area contributed by atoms with Crippen LogP contribution in [0.3, 0.4) is 0 Å². The Morgan fingerprint density at radius 2 is 2.00 bits per heavy atom. The summed E-state index contributed by atoms with van der Waals surface area (Å²) in [6.07, 6.45) is 0.809. The molecule has 27 heavy (non-hydrogen) atoms. The van der Waals surface area contributed by atoms with Gasteiger partial charge in [0, 0.05) is 11.7 Å². The van der Waals surface area contributed by atoms with Gasteiger partial charge in [-0.15, -0.1) is 0 Å². The number of thioether (sulfide) groups is 1. The SMILES string of the molecule is C[C@H]1Cc2ccccc2N1C(=O)COC(=O)CSc1nc2ccccc2o1. The van der Waals surface area contributed by atoms with Gasteiger partial charge in [-0.25, -0.2) is 4.98 Å². The van der Waals surface area contributed by atoms with Crippen LogP contribution in [0.15, 0.2) is 58.2 Å². The summed E-state index contributed by atoms with van der Waals surface area (Å²) in [6.45, 7) is 1.72. The summed E-state index contributed by atoms with van der Waals surface area (Å²) in [7, 11) is 0. The molecular weight excluding hydrogens is 364 g/mol. The zero-order chi connectivity index (χ0) is 18.8. The largest absolute Gasteiger partial charge is 0.455 e. The van der Waals surface area contributed by atoms with Gasteiger partial charge in [0.2, 0.25) is 0 Å². The molecule has 6 nitrogen and oxygen atoms in total. The molecule has 0 saturated heterocycles. The van der Waals surface area contributed by atoms with Gasteiger partial charge in [0.25, 0.3) is 11.1 Å². The fraction of sp³-hybridized carbons (Fsp3) is 0.250. The second kappa shape index (κ2) is 7.44. The summed E-state index contributed by atoms with van der Waals surface area (Å²) in [5.41, 5.74) is 3.44. The van der Waals surface area contributed by atoms with Crippen molar-refractivity contribution in [3.63, 3.8) is 0 Å². The normalized spacial score (nSPS) is 15.7. The highest BCUT2D eigenvalue weighted by Gasteiger charge is 2.30. The molecule has 2 heterocycles. The Kier molecular flexibility index (Phi) is 4.85. The zero-order valence-electron chi connectivity index (χ0n) is 14.8. The molecule has 0 fully saturated rings. The molecular formula is C20H18N2O4S. The van der Waals surface area contributed by atoms with Crippen molar-refractivity contribution in [3.05, 3.63) is 54.1 Å². The Balaban J connectivity index is 1.31. The van der Waals surface area contributed by atoms with Gasteiger partial charge < -0.3 is 14.1 Å². The van der Waals surface area contributed by atoms with Crippen LogP contribution in [0.4, 0.5) is 5.69 Å². The third-order valence-corrected chi connectivity index (χ3v) is 5.22. The topological polar surface area (TPSA) is 72.6 Å². The number of benzene rings is 2. The van der Waals surface area contributed by atoms with E-state index in [0.717, 1.165) is 35.0 Å². The van der Waals surface area contributed by atoms with E-state index < -0.39 is 5.97 Å². The van der Waals surface area contributed by atoms with E-state index in [-0.39, 0.29) is 24.3 Å². The van der Waals surface area contributed by atoms with E-state index in [2.05, 4.69) is 4.98 Å². The number of fused-ring (bicyclic) bond motifs is 2. The van der Waals surface area contributed by atoms with Gasteiger partial charge in [0.05, 0.1) is 0 Å². The highest BCUT2D eigenvalue weighted by molar-refractivity contribution is 7.99. The van der Waals surface area contributed by atoms with E-state index in [4.69, 9.17) is 9.15 Å². The Hall–Kier alpha value is -2.80. The minimum absolute atomic E-state index is 0.0340. The molecule has 1 aliphatic rings. The van der Waals surface area contributed by atoms with Crippen LogP contribution >= 0.6 is 11.8 Å². The van der Waals surface area contributed by atoms with Gasteiger partial charge in [0.1, 0.15) is 11.3 Å². The van der Waals surface area contributed by atoms with Crippen LogP contribution in [0.2, 0.25) is 0 Å². The zero-order valence-corrected chi connectivity index (χ0v) is 15.6. The minimum atomic E-state index is -0.476. The molecule has 0 N–H and O–H groups in total. The number of nitrogens with zero attached hydrogens (tertiary/aromatic N) is 2. The van der Waals surface area contributed by atoms with Gasteiger partial charge in [0.15, 0.2) is 12.2 Å². The third kappa shape index (κ3) is 3.68. The van der Waals surface area contributed by atoms with Crippen molar-refractivity contribution in [2.75, 3.05) is 17.3 Å². The summed E-state index contributed by atoms with van der Waals surface area (Å²) in [4.78, 5) is 30.5. The first-order chi connectivity index (χ1) is 13.1. The Morgan fingerprint density at radius 3 is 2.85 bits per heavy atom.